The second-order valence-electron chi connectivity index (χ2n) is 8.58. The van der Waals surface area contributed by atoms with Crippen molar-refractivity contribution in [2.75, 3.05) is 20.1 Å². The van der Waals surface area contributed by atoms with E-state index in [4.69, 9.17) is 5.73 Å². The lowest BCUT2D eigenvalue weighted by molar-refractivity contribution is 0.378. The summed E-state index contributed by atoms with van der Waals surface area (Å²) >= 11 is 0. The van der Waals surface area contributed by atoms with Crippen molar-refractivity contribution in [1.29, 1.82) is 0 Å². The Morgan fingerprint density at radius 1 is 1.21 bits per heavy atom. The predicted octanol–water partition coefficient (Wildman–Crippen LogP) is 6.37. The highest BCUT2D eigenvalue weighted by Crippen LogP contribution is 2.33. The maximum atomic E-state index is 9.80. The van der Waals surface area contributed by atoms with E-state index in [2.05, 4.69) is 99.9 Å². The van der Waals surface area contributed by atoms with Gasteiger partial charge in [-0.2, -0.15) is 0 Å². The van der Waals surface area contributed by atoms with Gasteiger partial charge in [0.25, 0.3) is 0 Å². The molecule has 0 aromatic rings. The van der Waals surface area contributed by atoms with E-state index < -0.39 is 0 Å². The summed E-state index contributed by atoms with van der Waals surface area (Å²) in [6.45, 7) is 27.3. The van der Waals surface area contributed by atoms with Gasteiger partial charge in [0.05, 0.1) is 22.8 Å². The Kier molecular flexibility index (Phi) is 15.5. The van der Waals surface area contributed by atoms with Crippen molar-refractivity contribution in [2.24, 2.45) is 16.6 Å². The van der Waals surface area contributed by atoms with Crippen molar-refractivity contribution in [1.82, 2.24) is 15.5 Å². The van der Waals surface area contributed by atoms with Gasteiger partial charge in [-0.15, -0.1) is 12.8 Å². The monoisotopic (exact) mass is 517 g/mol. The Morgan fingerprint density at radius 2 is 1.82 bits per heavy atom. The molecule has 6 nitrogen and oxygen atoms in total. The Balaban J connectivity index is 0.00000179. The zero-order valence-electron chi connectivity index (χ0n) is 24.2. The number of aliphatic hydroxyl groups excluding tert-OH is 1. The van der Waals surface area contributed by atoms with Gasteiger partial charge < -0.3 is 26.4 Å². The lowest BCUT2D eigenvalue weighted by Gasteiger charge is -2.32. The number of nitrogens with one attached hydrogen (secondary N) is 2. The van der Waals surface area contributed by atoms with Gasteiger partial charge in [-0.25, -0.2) is 4.99 Å². The molecule has 0 amide bonds. The molecule has 0 aromatic heterocycles. The first kappa shape index (κ1) is 33.9. The van der Waals surface area contributed by atoms with Crippen molar-refractivity contribution >= 4 is 5.71 Å². The second kappa shape index (κ2) is 17.4. The summed E-state index contributed by atoms with van der Waals surface area (Å²) < 4.78 is 0. The van der Waals surface area contributed by atoms with Gasteiger partial charge in [0.1, 0.15) is 11.6 Å². The number of nitrogens with zero attached hydrogens (tertiary/aromatic N) is 2. The third-order valence-corrected chi connectivity index (χ3v) is 5.75. The van der Waals surface area contributed by atoms with Gasteiger partial charge in [0.2, 0.25) is 0 Å². The average Bonchev–Trinajstić information content (AvgIpc) is 3.16. The fourth-order valence-corrected chi connectivity index (χ4v) is 3.50. The lowest BCUT2D eigenvalue weighted by atomic mass is 9.83. The highest BCUT2D eigenvalue weighted by atomic mass is 16.3. The first-order chi connectivity index (χ1) is 18.1. The number of hydrogen-bond donors (Lipinski definition) is 4. The molecule has 206 valence electrons. The molecule has 0 fully saturated rings. The van der Waals surface area contributed by atoms with E-state index in [0.29, 0.717) is 35.4 Å². The van der Waals surface area contributed by atoms with E-state index in [1.165, 1.54) is 12.0 Å². The van der Waals surface area contributed by atoms with Crippen LogP contribution < -0.4 is 16.4 Å². The van der Waals surface area contributed by atoms with Crippen molar-refractivity contribution in [2.45, 2.75) is 47.5 Å². The summed E-state index contributed by atoms with van der Waals surface area (Å²) in [5.41, 5.74) is 13.1. The maximum absolute atomic E-state index is 9.80. The van der Waals surface area contributed by atoms with E-state index in [1.54, 1.807) is 18.0 Å². The minimum absolute atomic E-state index is 0.0383. The molecule has 0 radical (unpaired) electrons. The molecule has 1 atom stereocenters. The minimum atomic E-state index is -0.0383. The number of rotatable bonds is 8. The zero-order valence-corrected chi connectivity index (χ0v) is 24.2. The highest BCUT2D eigenvalue weighted by Gasteiger charge is 2.27. The van der Waals surface area contributed by atoms with Crippen LogP contribution in [-0.2, 0) is 0 Å². The molecule has 38 heavy (non-hydrogen) atoms. The number of aliphatic imine (C=N–C) groups is 1. The molecule has 0 saturated carbocycles. The van der Waals surface area contributed by atoms with E-state index in [9.17, 15) is 5.11 Å². The largest absolute Gasteiger partial charge is 0.506 e. The summed E-state index contributed by atoms with van der Waals surface area (Å²) in [5, 5.41) is 16.6. The first-order valence-electron chi connectivity index (χ1n) is 13.0. The topological polar surface area (TPSA) is 85.9 Å². The van der Waals surface area contributed by atoms with Crippen LogP contribution >= 0.6 is 0 Å². The first-order valence-corrected chi connectivity index (χ1v) is 13.0. The summed E-state index contributed by atoms with van der Waals surface area (Å²) in [5.74, 6) is 0.781. The molecule has 3 rings (SSSR count). The van der Waals surface area contributed by atoms with Gasteiger partial charge in [-0.05, 0) is 29.2 Å². The number of allylic oxidation sites excluding steroid dienone is 6. The fraction of sp³-hybridized carbons (Fsp3) is 0.344. The summed E-state index contributed by atoms with van der Waals surface area (Å²) in [7, 11) is 1.78. The normalized spacial score (nSPS) is 17.7. The number of hydrogen-bond acceptors (Lipinski definition) is 6. The van der Waals surface area contributed by atoms with Gasteiger partial charge in [-0.3, -0.25) is 0 Å². The van der Waals surface area contributed by atoms with E-state index >= 15 is 0 Å². The number of nitrogens with two attached hydrogens (primary N) is 1. The van der Waals surface area contributed by atoms with E-state index in [1.807, 2.05) is 13.8 Å². The molecular weight excluding hydrogens is 470 g/mol. The van der Waals surface area contributed by atoms with E-state index in [0.717, 1.165) is 35.5 Å². The van der Waals surface area contributed by atoms with E-state index in [-0.39, 0.29) is 5.76 Å². The quantitative estimate of drug-likeness (QED) is 0.222. The van der Waals surface area contributed by atoms with Crippen LogP contribution in [0.5, 0.6) is 0 Å². The Hall–Kier alpha value is -4.11. The van der Waals surface area contributed by atoms with Gasteiger partial charge in [0.15, 0.2) is 0 Å². The molecule has 6 heteroatoms. The molecule has 0 aromatic carbocycles. The molecule has 0 spiro atoms. The lowest BCUT2D eigenvalue weighted by Crippen LogP contribution is -2.34. The molecule has 1 unspecified atom stereocenters. The molecule has 0 saturated heterocycles. The zero-order chi connectivity index (χ0) is 29.4. The molecule has 2 aliphatic carbocycles. The molecule has 5 N–H and O–H groups in total. The van der Waals surface area contributed by atoms with Crippen LogP contribution in [-0.4, -0.2) is 35.9 Å². The van der Waals surface area contributed by atoms with Gasteiger partial charge in [-0.1, -0.05) is 91.7 Å². The molecule has 3 aliphatic rings. The van der Waals surface area contributed by atoms with Crippen LogP contribution in [0.1, 0.15) is 47.5 Å². The van der Waals surface area contributed by atoms with Crippen LogP contribution in [0.4, 0.5) is 0 Å². The van der Waals surface area contributed by atoms with Crippen LogP contribution in [0.15, 0.2) is 113 Å². The third-order valence-electron chi connectivity index (χ3n) is 5.75. The second-order valence-corrected chi connectivity index (χ2v) is 8.58. The number of aliphatic hydroxyl groups is 1. The standard InChI is InChI=1S/C25H31N5O.C3H8.C2H6.C2H2/c1-15-16(2)25(24(15)26)28-14-21-9-7-8-20(10-11-21)13-27-17(3)22-12-23(18(4)31)30(6)19(5)29-22;1-3-2;2*1-2/h7-10,12,16,27-28,31H,1,3-5,11,13-14,26H2,2,6H3;3H2,1-2H3;1-2H3;1-2H. The summed E-state index contributed by atoms with van der Waals surface area (Å²) in [6, 6.07) is 0. The van der Waals surface area contributed by atoms with Crippen LogP contribution in [0, 0.1) is 18.8 Å². The van der Waals surface area contributed by atoms with Gasteiger partial charge >= 0.3 is 0 Å². The van der Waals surface area contributed by atoms with Crippen LogP contribution in [0.2, 0.25) is 0 Å². The van der Waals surface area contributed by atoms with Crippen molar-refractivity contribution < 1.29 is 5.11 Å². The Bertz CT molecular complexity index is 1090. The molecular formula is C32H47N5O. The Morgan fingerprint density at radius 3 is 2.37 bits per heavy atom. The molecule has 0 bridgehead atoms. The third kappa shape index (κ3) is 9.40. The van der Waals surface area contributed by atoms with Crippen molar-refractivity contribution in [3.63, 3.8) is 0 Å². The molecule has 1 aliphatic heterocycles. The molecule has 1 heterocycles. The number of likely N-dealkylation sites (N-methyl/N-ethyl adjacent to an activating group) is 1. The number of terminal acetylenes is 1. The maximum Gasteiger partial charge on any atom is 0.132 e. The fourth-order valence-electron chi connectivity index (χ4n) is 3.50. The minimum Gasteiger partial charge on any atom is -0.506 e. The SMILES string of the molecule is C#C.C=C(O)C1=CC(C(=C)NCC2=CCC(CNC3=C(N)C(=C)C3C)=CC=C2)=NC(=C)N1C.CC.CCC. The van der Waals surface area contributed by atoms with Crippen molar-refractivity contribution in [3.8, 4) is 12.8 Å². The highest BCUT2D eigenvalue weighted by molar-refractivity contribution is 6.09. The van der Waals surface area contributed by atoms with Gasteiger partial charge in [0, 0.05) is 31.8 Å². The smallest absolute Gasteiger partial charge is 0.132 e. The van der Waals surface area contributed by atoms with Crippen molar-refractivity contribution in [3.05, 3.63) is 108 Å². The predicted molar refractivity (Wildman–Crippen MR) is 166 cm³/mol. The van der Waals surface area contributed by atoms with Crippen LogP contribution in [0.25, 0.3) is 0 Å². The Labute approximate surface area is 231 Å². The van der Waals surface area contributed by atoms with Crippen LogP contribution in [0.3, 0.4) is 0 Å². The summed E-state index contributed by atoms with van der Waals surface area (Å²) in [4.78, 5) is 6.12. The summed E-state index contributed by atoms with van der Waals surface area (Å²) in [6.07, 6.45) is 20.3. The average molecular weight is 518 g/mol.